The summed E-state index contributed by atoms with van der Waals surface area (Å²) in [5.41, 5.74) is 4.08. The third kappa shape index (κ3) is 4.13. The predicted molar refractivity (Wildman–Crippen MR) is 121 cm³/mol. The molecule has 3 aromatic carbocycles. The summed E-state index contributed by atoms with van der Waals surface area (Å²) in [6.07, 6.45) is 3.42. The molecule has 0 aromatic heterocycles. The molecular weight excluding hydrogens is 419 g/mol. The van der Waals surface area contributed by atoms with E-state index in [2.05, 4.69) is 6.58 Å². The number of rotatable bonds is 5. The molecule has 0 spiro atoms. The van der Waals surface area contributed by atoms with Crippen molar-refractivity contribution < 1.29 is 14.3 Å². The number of halogens is 2. The van der Waals surface area contributed by atoms with Gasteiger partial charge >= 0.3 is 0 Å². The van der Waals surface area contributed by atoms with Crippen LogP contribution >= 0.6 is 23.2 Å². The molecule has 3 aromatic rings. The average molecular weight is 437 g/mol. The lowest BCUT2D eigenvalue weighted by Crippen LogP contribution is -2.00. The number of carbonyl (C=O) groups excluding carboxylic acids is 1. The molecule has 1 heterocycles. The van der Waals surface area contributed by atoms with E-state index >= 15 is 0 Å². The molecule has 0 atom stereocenters. The first-order valence-corrected chi connectivity index (χ1v) is 10.1. The Labute approximate surface area is 185 Å². The van der Waals surface area contributed by atoms with Crippen LogP contribution in [0.4, 0.5) is 0 Å². The fourth-order valence-electron chi connectivity index (χ4n) is 3.24. The molecule has 0 amide bonds. The minimum Gasteiger partial charge on any atom is -0.489 e. The Hall–Kier alpha value is -3.01. The topological polar surface area (TPSA) is 35.5 Å². The van der Waals surface area contributed by atoms with E-state index in [1.165, 1.54) is 0 Å². The van der Waals surface area contributed by atoms with Gasteiger partial charge < -0.3 is 9.47 Å². The largest absolute Gasteiger partial charge is 0.489 e. The molecule has 0 N–H and O–H groups in total. The molecule has 0 unspecified atom stereocenters. The van der Waals surface area contributed by atoms with Crippen LogP contribution in [0.3, 0.4) is 0 Å². The Morgan fingerprint density at radius 3 is 2.53 bits per heavy atom. The number of fused-ring (bicyclic) bond motifs is 1. The monoisotopic (exact) mass is 436 g/mol. The molecule has 0 saturated carbocycles. The highest BCUT2D eigenvalue weighted by molar-refractivity contribution is 6.35. The van der Waals surface area contributed by atoms with Gasteiger partial charge in [-0.3, -0.25) is 4.79 Å². The number of carbonyl (C=O) groups is 1. The second-order valence-electron chi connectivity index (χ2n) is 6.95. The minimum atomic E-state index is -0.180. The Kier molecular flexibility index (Phi) is 5.67. The number of ketones is 1. The van der Waals surface area contributed by atoms with Gasteiger partial charge in [-0.15, -0.1) is 0 Å². The van der Waals surface area contributed by atoms with E-state index in [4.69, 9.17) is 32.7 Å². The standard InChI is InChI=1S/C25H18Cl2O3/c1-3-16-4-6-17(7-5-16)14-29-20-10-15(2)24-22(13-20)30-23(25(24)28)11-18-8-9-19(26)12-21(18)27/h3-13H,1,14H2,2H3/b23-11-. The van der Waals surface area contributed by atoms with Gasteiger partial charge in [0.25, 0.3) is 0 Å². The van der Waals surface area contributed by atoms with Crippen LogP contribution in [0.1, 0.15) is 32.6 Å². The fraction of sp³-hybridized carbons (Fsp3) is 0.0800. The normalized spacial score (nSPS) is 13.8. The number of benzene rings is 3. The van der Waals surface area contributed by atoms with Crippen molar-refractivity contribution in [2.75, 3.05) is 0 Å². The van der Waals surface area contributed by atoms with Crippen LogP contribution < -0.4 is 9.47 Å². The Morgan fingerprint density at radius 1 is 1.07 bits per heavy atom. The zero-order chi connectivity index (χ0) is 21.3. The lowest BCUT2D eigenvalue weighted by atomic mass is 10.0. The first kappa shape index (κ1) is 20.3. The van der Waals surface area contributed by atoms with Gasteiger partial charge in [-0.1, -0.05) is 66.2 Å². The van der Waals surface area contributed by atoms with Crippen LogP contribution in [0.15, 0.2) is 66.9 Å². The lowest BCUT2D eigenvalue weighted by Gasteiger charge is -2.09. The number of ether oxygens (including phenoxy) is 2. The summed E-state index contributed by atoms with van der Waals surface area (Å²) in [6.45, 7) is 6.03. The third-order valence-electron chi connectivity index (χ3n) is 4.81. The second kappa shape index (κ2) is 8.39. The zero-order valence-corrected chi connectivity index (χ0v) is 17.8. The highest BCUT2D eigenvalue weighted by Gasteiger charge is 2.30. The molecule has 3 nitrogen and oxygen atoms in total. The SMILES string of the molecule is C=Cc1ccc(COc2cc(C)c3c(c2)O/C(=C\c2ccc(Cl)cc2Cl)C3=O)cc1. The van der Waals surface area contributed by atoms with E-state index in [0.717, 1.165) is 16.7 Å². The van der Waals surface area contributed by atoms with E-state index < -0.39 is 0 Å². The third-order valence-corrected chi connectivity index (χ3v) is 5.38. The molecule has 1 aliphatic heterocycles. The van der Waals surface area contributed by atoms with Crippen LogP contribution in [0.25, 0.3) is 12.2 Å². The minimum absolute atomic E-state index is 0.180. The van der Waals surface area contributed by atoms with Crippen LogP contribution in [0.2, 0.25) is 10.0 Å². The Balaban J connectivity index is 1.55. The van der Waals surface area contributed by atoms with Gasteiger partial charge in [0.05, 0.1) is 5.56 Å². The van der Waals surface area contributed by atoms with Gasteiger partial charge in [0, 0.05) is 16.1 Å². The summed E-state index contributed by atoms with van der Waals surface area (Å²) in [4.78, 5) is 12.8. The molecular formula is C25H18Cl2O3. The molecule has 0 aliphatic carbocycles. The summed E-state index contributed by atoms with van der Waals surface area (Å²) in [5.74, 6) is 1.15. The number of allylic oxidation sites excluding steroid dienone is 1. The smallest absolute Gasteiger partial charge is 0.232 e. The maximum atomic E-state index is 12.8. The van der Waals surface area contributed by atoms with Crippen molar-refractivity contribution in [3.63, 3.8) is 0 Å². The Bertz CT molecular complexity index is 1180. The van der Waals surface area contributed by atoms with Crippen molar-refractivity contribution in [1.82, 2.24) is 0 Å². The van der Waals surface area contributed by atoms with E-state index in [0.29, 0.717) is 39.3 Å². The first-order valence-electron chi connectivity index (χ1n) is 9.33. The molecule has 0 fully saturated rings. The van der Waals surface area contributed by atoms with Gasteiger partial charge in [-0.2, -0.15) is 0 Å². The maximum absolute atomic E-state index is 12.8. The zero-order valence-electron chi connectivity index (χ0n) is 16.2. The molecule has 0 saturated heterocycles. The summed E-state index contributed by atoms with van der Waals surface area (Å²) in [7, 11) is 0. The lowest BCUT2D eigenvalue weighted by molar-refractivity contribution is 0.101. The van der Waals surface area contributed by atoms with Crippen LogP contribution in [-0.4, -0.2) is 5.78 Å². The summed E-state index contributed by atoms with van der Waals surface area (Å²) in [5, 5.41) is 0.978. The van der Waals surface area contributed by atoms with Crippen molar-refractivity contribution in [3.8, 4) is 11.5 Å². The van der Waals surface area contributed by atoms with E-state index in [1.54, 1.807) is 36.4 Å². The molecule has 4 rings (SSSR count). The Morgan fingerprint density at radius 2 is 1.83 bits per heavy atom. The van der Waals surface area contributed by atoms with Crippen LogP contribution in [0.5, 0.6) is 11.5 Å². The van der Waals surface area contributed by atoms with E-state index in [1.807, 2.05) is 37.3 Å². The number of aryl methyl sites for hydroxylation is 1. The van der Waals surface area contributed by atoms with Crippen molar-refractivity contribution in [1.29, 1.82) is 0 Å². The number of Topliss-reactive ketones (excluding diaryl/α,β-unsaturated/α-hetero) is 1. The van der Waals surface area contributed by atoms with Crippen molar-refractivity contribution in [2.24, 2.45) is 0 Å². The van der Waals surface area contributed by atoms with E-state index in [-0.39, 0.29) is 11.5 Å². The molecule has 30 heavy (non-hydrogen) atoms. The van der Waals surface area contributed by atoms with Crippen LogP contribution in [0, 0.1) is 6.92 Å². The number of hydrogen-bond acceptors (Lipinski definition) is 3. The summed E-state index contributed by atoms with van der Waals surface area (Å²) >= 11 is 12.2. The maximum Gasteiger partial charge on any atom is 0.232 e. The van der Waals surface area contributed by atoms with E-state index in [9.17, 15) is 4.79 Å². The van der Waals surface area contributed by atoms with Gasteiger partial charge in [-0.25, -0.2) is 0 Å². The molecule has 5 heteroatoms. The van der Waals surface area contributed by atoms with Crippen LogP contribution in [-0.2, 0) is 6.61 Å². The van der Waals surface area contributed by atoms with Gasteiger partial charge in [0.1, 0.15) is 18.1 Å². The summed E-state index contributed by atoms with van der Waals surface area (Å²) in [6, 6.07) is 16.6. The van der Waals surface area contributed by atoms with Gasteiger partial charge in [-0.05, 0) is 53.5 Å². The second-order valence-corrected chi connectivity index (χ2v) is 7.80. The van der Waals surface area contributed by atoms with Crippen molar-refractivity contribution in [2.45, 2.75) is 13.5 Å². The first-order chi connectivity index (χ1) is 14.4. The quantitative estimate of drug-likeness (QED) is 0.398. The van der Waals surface area contributed by atoms with Gasteiger partial charge in [0.2, 0.25) is 5.78 Å². The van der Waals surface area contributed by atoms with Crippen molar-refractivity contribution in [3.05, 3.63) is 105 Å². The van der Waals surface area contributed by atoms with Crippen molar-refractivity contribution >= 4 is 41.1 Å². The average Bonchev–Trinajstić information content (AvgIpc) is 3.04. The summed E-state index contributed by atoms with van der Waals surface area (Å²) < 4.78 is 11.8. The molecule has 1 aliphatic rings. The van der Waals surface area contributed by atoms with Gasteiger partial charge in [0.15, 0.2) is 5.76 Å². The fourth-order valence-corrected chi connectivity index (χ4v) is 3.70. The molecule has 0 radical (unpaired) electrons. The number of hydrogen-bond donors (Lipinski definition) is 0. The molecule has 150 valence electrons. The highest BCUT2D eigenvalue weighted by Crippen LogP contribution is 2.38. The highest BCUT2D eigenvalue weighted by atomic mass is 35.5. The predicted octanol–water partition coefficient (Wildman–Crippen LogP) is 7.14. The molecule has 0 bridgehead atoms.